The molecule has 4 heteroatoms. The highest BCUT2D eigenvalue weighted by Crippen LogP contribution is 2.30. The number of rotatable bonds is 3. The van der Waals surface area contributed by atoms with Crippen LogP contribution in [0.4, 0.5) is 0 Å². The number of aromatic nitrogens is 1. The number of carbonyl (C=O) groups is 1. The molecule has 0 saturated heterocycles. The molecule has 0 atom stereocenters. The lowest BCUT2D eigenvalue weighted by Gasteiger charge is -2.14. The van der Waals surface area contributed by atoms with Crippen molar-refractivity contribution in [1.82, 2.24) is 4.98 Å². The van der Waals surface area contributed by atoms with Crippen molar-refractivity contribution in [3.8, 4) is 11.1 Å². The molecule has 4 nitrogen and oxygen atoms in total. The van der Waals surface area contributed by atoms with Crippen LogP contribution in [0.15, 0.2) is 53.3 Å². The Labute approximate surface area is 127 Å². The monoisotopic (exact) mass is 292 g/mol. The van der Waals surface area contributed by atoms with Crippen LogP contribution >= 0.6 is 0 Å². The Kier molecular flexibility index (Phi) is 3.51. The van der Waals surface area contributed by atoms with Crippen molar-refractivity contribution >= 4 is 16.9 Å². The first-order chi connectivity index (χ1) is 10.6. The Morgan fingerprint density at radius 2 is 1.86 bits per heavy atom. The molecule has 2 aromatic carbocycles. The summed E-state index contributed by atoms with van der Waals surface area (Å²) in [5, 5.41) is 11.9. The van der Waals surface area contributed by atoms with Gasteiger partial charge in [0.25, 0.3) is 5.56 Å². The summed E-state index contributed by atoms with van der Waals surface area (Å²) >= 11 is 0. The summed E-state index contributed by atoms with van der Waals surface area (Å²) < 4.78 is 0. The Hall–Kier alpha value is -2.88. The summed E-state index contributed by atoms with van der Waals surface area (Å²) in [6.45, 7) is 1.96. The first-order valence-corrected chi connectivity index (χ1v) is 6.97. The highest BCUT2D eigenvalue weighted by atomic mass is 16.4. The van der Waals surface area contributed by atoms with Crippen LogP contribution < -0.4 is 10.7 Å². The van der Waals surface area contributed by atoms with Crippen molar-refractivity contribution in [2.75, 3.05) is 0 Å². The molecule has 0 bridgehead atoms. The molecular weight excluding hydrogens is 278 g/mol. The Balaban J connectivity index is 2.44. The maximum Gasteiger partial charge on any atom is 0.252 e. The molecule has 0 aliphatic carbocycles. The zero-order valence-corrected chi connectivity index (χ0v) is 12.1. The zero-order chi connectivity index (χ0) is 15.7. The van der Waals surface area contributed by atoms with Gasteiger partial charge in [-0.2, -0.15) is 0 Å². The van der Waals surface area contributed by atoms with E-state index in [4.69, 9.17) is 0 Å². The minimum atomic E-state index is -1.27. The summed E-state index contributed by atoms with van der Waals surface area (Å²) in [5.74, 6) is -1.27. The van der Waals surface area contributed by atoms with Crippen molar-refractivity contribution in [1.29, 1.82) is 0 Å². The van der Waals surface area contributed by atoms with Gasteiger partial charge in [0, 0.05) is 34.4 Å². The number of aromatic amines is 1. The fourth-order valence-electron chi connectivity index (χ4n) is 2.70. The van der Waals surface area contributed by atoms with E-state index >= 15 is 0 Å². The number of aliphatic carboxylic acids is 1. The molecular formula is C18H14NO3-. The molecule has 1 aromatic heterocycles. The number of pyridine rings is 1. The van der Waals surface area contributed by atoms with Crippen LogP contribution in [0.3, 0.4) is 0 Å². The third-order valence-corrected chi connectivity index (χ3v) is 3.65. The lowest BCUT2D eigenvalue weighted by Crippen LogP contribution is -2.28. The summed E-state index contributed by atoms with van der Waals surface area (Å²) in [6, 6.07) is 15.0. The standard InChI is InChI=1S/C18H15NO3/c1-11-7-8-15-13(9-11)17(12-5-3-2-4-6-12)14(10-16(20)21)18(22)19-15/h2-9H,10H2,1H3,(H,19,22)(H,20,21)/p-1. The third-order valence-electron chi connectivity index (χ3n) is 3.65. The molecule has 3 rings (SSSR count). The second kappa shape index (κ2) is 5.48. The van der Waals surface area contributed by atoms with Crippen molar-refractivity contribution in [3.63, 3.8) is 0 Å². The van der Waals surface area contributed by atoms with Gasteiger partial charge in [-0.15, -0.1) is 0 Å². The minimum Gasteiger partial charge on any atom is -0.550 e. The molecule has 1 N–H and O–H groups in total. The number of fused-ring (bicyclic) bond motifs is 1. The maximum absolute atomic E-state index is 12.3. The van der Waals surface area contributed by atoms with Crippen LogP contribution in [0.25, 0.3) is 22.0 Å². The van der Waals surface area contributed by atoms with E-state index in [1.807, 2.05) is 55.5 Å². The topological polar surface area (TPSA) is 73.0 Å². The van der Waals surface area contributed by atoms with Gasteiger partial charge in [0.1, 0.15) is 0 Å². The van der Waals surface area contributed by atoms with E-state index in [1.54, 1.807) is 0 Å². The molecule has 22 heavy (non-hydrogen) atoms. The number of carboxylic acid groups (broad SMARTS) is 1. The molecule has 0 spiro atoms. The normalized spacial score (nSPS) is 10.8. The van der Waals surface area contributed by atoms with E-state index in [0.29, 0.717) is 11.1 Å². The van der Waals surface area contributed by atoms with Crippen molar-refractivity contribution in [2.45, 2.75) is 13.3 Å². The Bertz CT molecular complexity index is 911. The van der Waals surface area contributed by atoms with Gasteiger partial charge in [0.2, 0.25) is 0 Å². The lowest BCUT2D eigenvalue weighted by molar-refractivity contribution is -0.304. The Morgan fingerprint density at radius 1 is 1.14 bits per heavy atom. The van der Waals surface area contributed by atoms with Crippen LogP contribution in [0.5, 0.6) is 0 Å². The number of aryl methyl sites for hydroxylation is 1. The summed E-state index contributed by atoms with van der Waals surface area (Å²) in [6.07, 6.45) is -0.413. The minimum absolute atomic E-state index is 0.226. The number of hydrogen-bond donors (Lipinski definition) is 1. The molecule has 0 radical (unpaired) electrons. The first kappa shape index (κ1) is 14.1. The van der Waals surface area contributed by atoms with Crippen molar-refractivity contribution < 1.29 is 9.90 Å². The predicted octanol–water partition coefficient (Wildman–Crippen LogP) is 1.80. The number of benzene rings is 2. The third kappa shape index (κ3) is 2.51. The zero-order valence-electron chi connectivity index (χ0n) is 12.1. The van der Waals surface area contributed by atoms with Crippen LogP contribution in [-0.4, -0.2) is 11.0 Å². The SMILES string of the molecule is Cc1ccc2[nH]c(=O)c(CC(=O)[O-])c(-c3ccccc3)c2c1. The number of H-pyrrole nitrogens is 1. The molecule has 3 aromatic rings. The lowest BCUT2D eigenvalue weighted by atomic mass is 9.94. The van der Waals surface area contributed by atoms with Gasteiger partial charge in [-0.3, -0.25) is 4.79 Å². The van der Waals surface area contributed by atoms with E-state index in [-0.39, 0.29) is 11.1 Å². The van der Waals surface area contributed by atoms with Gasteiger partial charge >= 0.3 is 0 Å². The van der Waals surface area contributed by atoms with Crippen molar-refractivity contribution in [2.24, 2.45) is 0 Å². The molecule has 0 saturated carbocycles. The predicted molar refractivity (Wildman–Crippen MR) is 83.5 cm³/mol. The molecule has 1 heterocycles. The molecule has 0 fully saturated rings. The number of carbonyl (C=O) groups excluding carboxylic acids is 1. The molecule has 0 aliphatic rings. The number of nitrogens with one attached hydrogen (secondary N) is 1. The highest BCUT2D eigenvalue weighted by Gasteiger charge is 2.14. The quantitative estimate of drug-likeness (QED) is 0.800. The van der Waals surface area contributed by atoms with Gasteiger partial charge in [0.05, 0.1) is 0 Å². The molecule has 0 aliphatic heterocycles. The number of carboxylic acids is 1. The second-order valence-electron chi connectivity index (χ2n) is 5.27. The van der Waals surface area contributed by atoms with E-state index in [0.717, 1.165) is 16.5 Å². The van der Waals surface area contributed by atoms with Crippen LogP contribution in [0.1, 0.15) is 11.1 Å². The first-order valence-electron chi connectivity index (χ1n) is 6.97. The average Bonchev–Trinajstić information content (AvgIpc) is 2.49. The van der Waals surface area contributed by atoms with Crippen LogP contribution in [0.2, 0.25) is 0 Å². The Morgan fingerprint density at radius 3 is 2.55 bits per heavy atom. The van der Waals surface area contributed by atoms with Gasteiger partial charge < -0.3 is 14.9 Å². The van der Waals surface area contributed by atoms with Gasteiger partial charge in [-0.25, -0.2) is 0 Å². The maximum atomic E-state index is 12.3. The summed E-state index contributed by atoms with van der Waals surface area (Å²) in [5.41, 5.74) is 3.05. The average molecular weight is 292 g/mol. The fourth-order valence-corrected chi connectivity index (χ4v) is 2.70. The smallest absolute Gasteiger partial charge is 0.252 e. The molecule has 0 unspecified atom stereocenters. The summed E-state index contributed by atoms with van der Waals surface area (Å²) in [4.78, 5) is 26.1. The van der Waals surface area contributed by atoms with E-state index < -0.39 is 12.4 Å². The van der Waals surface area contributed by atoms with Crippen LogP contribution in [-0.2, 0) is 11.2 Å². The number of hydrogen-bond acceptors (Lipinski definition) is 3. The van der Waals surface area contributed by atoms with Gasteiger partial charge in [0.15, 0.2) is 0 Å². The van der Waals surface area contributed by atoms with Gasteiger partial charge in [-0.05, 0) is 24.6 Å². The van der Waals surface area contributed by atoms with E-state index in [2.05, 4.69) is 4.98 Å². The van der Waals surface area contributed by atoms with Crippen molar-refractivity contribution in [3.05, 3.63) is 70.0 Å². The summed E-state index contributed by atoms with van der Waals surface area (Å²) in [7, 11) is 0. The molecule has 110 valence electrons. The van der Waals surface area contributed by atoms with Crippen LogP contribution in [0, 0.1) is 6.92 Å². The van der Waals surface area contributed by atoms with E-state index in [9.17, 15) is 14.7 Å². The molecule has 0 amide bonds. The fraction of sp³-hybridized carbons (Fsp3) is 0.111. The second-order valence-corrected chi connectivity index (χ2v) is 5.27. The van der Waals surface area contributed by atoms with E-state index in [1.165, 1.54) is 0 Å². The highest BCUT2D eigenvalue weighted by molar-refractivity contribution is 5.97. The van der Waals surface area contributed by atoms with Gasteiger partial charge in [-0.1, -0.05) is 42.0 Å². The largest absolute Gasteiger partial charge is 0.550 e.